The van der Waals surface area contributed by atoms with Crippen LogP contribution in [0.3, 0.4) is 0 Å². The number of pyridine rings is 1. The predicted molar refractivity (Wildman–Crippen MR) is 63.7 cm³/mol. The van der Waals surface area contributed by atoms with Crippen molar-refractivity contribution in [3.63, 3.8) is 0 Å². The summed E-state index contributed by atoms with van der Waals surface area (Å²) in [6.45, 7) is -5.38. The van der Waals surface area contributed by atoms with Crippen molar-refractivity contribution in [2.75, 3.05) is 0 Å². The minimum Gasteiger partial charge on any atom is -0.492 e. The summed E-state index contributed by atoms with van der Waals surface area (Å²) in [6.07, 6.45) is 3.04. The third kappa shape index (κ3) is 4.85. The third-order valence-electron chi connectivity index (χ3n) is 2.44. The van der Waals surface area contributed by atoms with E-state index in [0.717, 1.165) is 12.1 Å². The maximum Gasteiger partial charge on any atom is 1.00 e. The molecule has 20 heavy (non-hydrogen) atoms. The molecule has 0 bridgehead atoms. The first-order chi connectivity index (χ1) is 8.97. The van der Waals surface area contributed by atoms with E-state index in [1.54, 1.807) is 18.3 Å². The average Bonchev–Trinajstić information content (AvgIpc) is 2.37. The standard InChI is InChI=1S/C12H9BF4NO.K/c14-10-3-4-12(11(6-10)13(15,16)17)19-8-9-2-1-5-18-7-9;/h1-7H,8H2;/q-1;+1. The van der Waals surface area contributed by atoms with Crippen LogP contribution in [0.1, 0.15) is 5.56 Å². The van der Waals surface area contributed by atoms with Crippen molar-refractivity contribution in [1.29, 1.82) is 0 Å². The van der Waals surface area contributed by atoms with Crippen molar-refractivity contribution in [1.82, 2.24) is 4.98 Å². The SMILES string of the molecule is Fc1ccc(OCc2cccnc2)c([B-](F)(F)F)c1.[K+]. The van der Waals surface area contributed by atoms with E-state index in [1.807, 2.05) is 0 Å². The molecule has 0 aliphatic heterocycles. The molecule has 2 nitrogen and oxygen atoms in total. The van der Waals surface area contributed by atoms with Gasteiger partial charge in [-0.15, -0.1) is 0 Å². The summed E-state index contributed by atoms with van der Waals surface area (Å²) in [5.74, 6) is -1.32. The van der Waals surface area contributed by atoms with Gasteiger partial charge in [-0.1, -0.05) is 11.5 Å². The molecule has 1 aromatic heterocycles. The van der Waals surface area contributed by atoms with E-state index in [0.29, 0.717) is 11.6 Å². The second-order valence-corrected chi connectivity index (χ2v) is 3.91. The minimum atomic E-state index is -5.32. The van der Waals surface area contributed by atoms with Crippen LogP contribution in [0.4, 0.5) is 17.3 Å². The van der Waals surface area contributed by atoms with Crippen LogP contribution < -0.4 is 61.6 Å². The second kappa shape index (κ2) is 7.56. The maximum atomic E-state index is 12.9. The first-order valence-electron chi connectivity index (χ1n) is 5.48. The number of halogens is 4. The van der Waals surface area contributed by atoms with Gasteiger partial charge in [-0.05, 0) is 24.3 Å². The molecule has 0 aliphatic rings. The molecule has 100 valence electrons. The summed E-state index contributed by atoms with van der Waals surface area (Å²) in [7, 11) is 0. The number of hydrogen-bond donors (Lipinski definition) is 0. The molecule has 1 heterocycles. The van der Waals surface area contributed by atoms with Crippen LogP contribution in [0.5, 0.6) is 5.75 Å². The topological polar surface area (TPSA) is 22.1 Å². The van der Waals surface area contributed by atoms with E-state index in [2.05, 4.69) is 4.98 Å². The summed E-state index contributed by atoms with van der Waals surface area (Å²) < 4.78 is 56.3. The van der Waals surface area contributed by atoms with E-state index in [1.165, 1.54) is 6.20 Å². The Hall–Kier alpha value is -0.409. The van der Waals surface area contributed by atoms with Gasteiger partial charge >= 0.3 is 58.4 Å². The molecule has 0 atom stereocenters. The molecular formula is C12H9BF4KNO. The van der Waals surface area contributed by atoms with E-state index < -0.39 is 18.3 Å². The molecule has 0 fully saturated rings. The Bertz CT molecular complexity index is 565. The van der Waals surface area contributed by atoms with Crippen molar-refractivity contribution in [3.8, 4) is 5.75 Å². The van der Waals surface area contributed by atoms with Crippen molar-refractivity contribution < 1.29 is 73.5 Å². The van der Waals surface area contributed by atoms with Crippen LogP contribution in [-0.4, -0.2) is 12.0 Å². The summed E-state index contributed by atoms with van der Waals surface area (Å²) in [5.41, 5.74) is -0.434. The van der Waals surface area contributed by atoms with Crippen LogP contribution in [0.15, 0.2) is 42.7 Å². The fourth-order valence-electron chi connectivity index (χ4n) is 1.55. The van der Waals surface area contributed by atoms with E-state index in [4.69, 9.17) is 4.74 Å². The summed E-state index contributed by atoms with van der Waals surface area (Å²) in [4.78, 5) is 3.82. The van der Waals surface area contributed by atoms with Crippen LogP contribution in [0.25, 0.3) is 0 Å². The van der Waals surface area contributed by atoms with Crippen molar-refractivity contribution in [3.05, 3.63) is 54.1 Å². The Morgan fingerprint density at radius 2 is 1.90 bits per heavy atom. The zero-order valence-corrected chi connectivity index (χ0v) is 13.8. The van der Waals surface area contributed by atoms with Gasteiger partial charge in [0.2, 0.25) is 0 Å². The smallest absolute Gasteiger partial charge is 0.492 e. The van der Waals surface area contributed by atoms with Gasteiger partial charge in [0.05, 0.1) is 5.75 Å². The molecular weight excluding hydrogens is 300 g/mol. The van der Waals surface area contributed by atoms with Gasteiger partial charge in [0.15, 0.2) is 0 Å². The number of nitrogens with zero attached hydrogens (tertiary/aromatic N) is 1. The molecule has 0 radical (unpaired) electrons. The van der Waals surface area contributed by atoms with E-state index in [-0.39, 0.29) is 63.7 Å². The maximum absolute atomic E-state index is 12.9. The van der Waals surface area contributed by atoms with Crippen LogP contribution in [0, 0.1) is 5.82 Å². The van der Waals surface area contributed by atoms with Crippen molar-refractivity contribution in [2.45, 2.75) is 6.61 Å². The molecule has 2 rings (SSSR count). The molecule has 0 aliphatic carbocycles. The monoisotopic (exact) mass is 309 g/mol. The van der Waals surface area contributed by atoms with E-state index >= 15 is 0 Å². The zero-order valence-electron chi connectivity index (χ0n) is 10.7. The molecule has 0 unspecified atom stereocenters. The molecule has 0 saturated heterocycles. The Morgan fingerprint density at radius 1 is 1.15 bits per heavy atom. The van der Waals surface area contributed by atoms with Crippen LogP contribution in [-0.2, 0) is 6.61 Å². The van der Waals surface area contributed by atoms with Gasteiger partial charge in [-0.25, -0.2) is 4.39 Å². The van der Waals surface area contributed by atoms with Gasteiger partial charge in [0.1, 0.15) is 12.4 Å². The second-order valence-electron chi connectivity index (χ2n) is 3.91. The molecule has 1 aromatic carbocycles. The number of rotatable bonds is 4. The largest absolute Gasteiger partial charge is 1.00 e. The number of aromatic nitrogens is 1. The molecule has 0 amide bonds. The first kappa shape index (κ1) is 17.6. The van der Waals surface area contributed by atoms with Crippen LogP contribution >= 0.6 is 0 Å². The number of benzene rings is 1. The minimum absolute atomic E-state index is 0. The third-order valence-corrected chi connectivity index (χ3v) is 2.44. The fourth-order valence-corrected chi connectivity index (χ4v) is 1.55. The quantitative estimate of drug-likeness (QED) is 0.579. The molecule has 0 spiro atoms. The van der Waals surface area contributed by atoms with Crippen molar-refractivity contribution in [2.24, 2.45) is 0 Å². The van der Waals surface area contributed by atoms with E-state index in [9.17, 15) is 17.3 Å². The Morgan fingerprint density at radius 3 is 2.50 bits per heavy atom. The van der Waals surface area contributed by atoms with Crippen molar-refractivity contribution >= 4 is 12.4 Å². The fraction of sp³-hybridized carbons (Fsp3) is 0.0833. The Labute approximate surface area is 156 Å². The Kier molecular flexibility index (Phi) is 6.67. The van der Waals surface area contributed by atoms with Gasteiger partial charge in [0.25, 0.3) is 0 Å². The van der Waals surface area contributed by atoms with Gasteiger partial charge < -0.3 is 17.7 Å². The average molecular weight is 309 g/mol. The van der Waals surface area contributed by atoms with Gasteiger partial charge in [0, 0.05) is 18.0 Å². The normalized spacial score (nSPS) is 10.8. The van der Waals surface area contributed by atoms with Gasteiger partial charge in [-0.2, -0.15) is 0 Å². The van der Waals surface area contributed by atoms with Gasteiger partial charge in [-0.3, -0.25) is 4.98 Å². The number of ether oxygens (including phenoxy) is 1. The molecule has 2 aromatic rings. The summed E-state index contributed by atoms with van der Waals surface area (Å²) in [6, 6.07) is 5.69. The zero-order chi connectivity index (χ0) is 13.9. The molecule has 0 N–H and O–H groups in total. The predicted octanol–water partition coefficient (Wildman–Crippen LogP) is -0.142. The molecule has 0 saturated carbocycles. The Balaban J connectivity index is 0.00000200. The summed E-state index contributed by atoms with van der Waals surface area (Å²) in [5, 5.41) is 0. The molecule has 8 heteroatoms. The first-order valence-corrected chi connectivity index (χ1v) is 5.48. The number of hydrogen-bond acceptors (Lipinski definition) is 2. The summed E-state index contributed by atoms with van der Waals surface area (Å²) >= 11 is 0. The van der Waals surface area contributed by atoms with Crippen LogP contribution in [0.2, 0.25) is 0 Å².